The third-order valence-electron chi connectivity index (χ3n) is 3.51. The van der Waals surface area contributed by atoms with Gasteiger partial charge in [-0.05, 0) is 25.5 Å². The lowest BCUT2D eigenvalue weighted by atomic mass is 10.1. The molecule has 1 aliphatic heterocycles. The van der Waals surface area contributed by atoms with Crippen molar-refractivity contribution in [3.63, 3.8) is 0 Å². The van der Waals surface area contributed by atoms with Gasteiger partial charge >= 0.3 is 0 Å². The van der Waals surface area contributed by atoms with E-state index in [-0.39, 0.29) is 24.0 Å². The van der Waals surface area contributed by atoms with Gasteiger partial charge in [0.25, 0.3) is 0 Å². The Bertz CT molecular complexity index is 553. The van der Waals surface area contributed by atoms with Crippen molar-refractivity contribution in [2.24, 2.45) is 0 Å². The largest absolute Gasteiger partial charge is 0.375 e. The summed E-state index contributed by atoms with van der Waals surface area (Å²) in [6.07, 6.45) is 0.739. The molecular weight excluding hydrogens is 262 g/mol. The van der Waals surface area contributed by atoms with Crippen LogP contribution in [0.1, 0.15) is 25.8 Å². The van der Waals surface area contributed by atoms with Gasteiger partial charge in [0, 0.05) is 18.5 Å². The molecular formula is C14H19NO3S. The molecule has 4 nitrogen and oxygen atoms in total. The Kier molecular flexibility index (Phi) is 3.94. The monoisotopic (exact) mass is 281 g/mol. The second-order valence-corrected chi connectivity index (χ2v) is 7.87. The maximum absolute atomic E-state index is 12.1. The number of anilines is 1. The van der Waals surface area contributed by atoms with Crippen LogP contribution in [0.15, 0.2) is 24.3 Å². The van der Waals surface area contributed by atoms with Crippen molar-refractivity contribution in [3.05, 3.63) is 29.8 Å². The number of rotatable bonds is 5. The number of sulfone groups is 1. The number of para-hydroxylation sites is 1. The van der Waals surface area contributed by atoms with Crippen LogP contribution in [0.4, 0.5) is 5.69 Å². The standard InChI is InChI=1S/C14H19NO3S/c1-10(2)19(17,18)8-7-14(16)13-9-11-5-3-4-6-12(11)15-13/h3-6,10,13,15H,7-9H2,1-2H3. The number of benzene rings is 1. The molecule has 0 radical (unpaired) electrons. The summed E-state index contributed by atoms with van der Waals surface area (Å²) in [5, 5.41) is 2.73. The van der Waals surface area contributed by atoms with Crippen LogP contribution in [-0.4, -0.2) is 31.2 Å². The first kappa shape index (κ1) is 14.1. The molecule has 0 saturated heterocycles. The van der Waals surface area contributed by atoms with E-state index in [0.29, 0.717) is 6.42 Å². The van der Waals surface area contributed by atoms with Crippen LogP contribution in [-0.2, 0) is 21.1 Å². The van der Waals surface area contributed by atoms with E-state index < -0.39 is 15.1 Å². The average Bonchev–Trinajstić information content (AvgIpc) is 2.79. The summed E-state index contributed by atoms with van der Waals surface area (Å²) >= 11 is 0. The molecule has 0 fully saturated rings. The minimum Gasteiger partial charge on any atom is -0.375 e. The molecule has 5 heteroatoms. The first-order valence-electron chi connectivity index (χ1n) is 6.49. The fraction of sp³-hybridized carbons (Fsp3) is 0.500. The van der Waals surface area contributed by atoms with Gasteiger partial charge in [0.05, 0.1) is 17.0 Å². The predicted octanol–water partition coefficient (Wildman–Crippen LogP) is 1.81. The third-order valence-corrected chi connectivity index (χ3v) is 5.72. The van der Waals surface area contributed by atoms with E-state index >= 15 is 0 Å². The van der Waals surface area contributed by atoms with Crippen LogP contribution in [0.2, 0.25) is 0 Å². The minimum absolute atomic E-state index is 0.0274. The average molecular weight is 281 g/mol. The van der Waals surface area contributed by atoms with Gasteiger partial charge in [-0.15, -0.1) is 0 Å². The quantitative estimate of drug-likeness (QED) is 0.894. The van der Waals surface area contributed by atoms with E-state index in [4.69, 9.17) is 0 Å². The molecule has 104 valence electrons. The zero-order valence-corrected chi connectivity index (χ0v) is 12.0. The molecule has 1 aromatic carbocycles. The second kappa shape index (κ2) is 5.33. The van der Waals surface area contributed by atoms with Gasteiger partial charge in [-0.1, -0.05) is 18.2 Å². The predicted molar refractivity (Wildman–Crippen MR) is 76.1 cm³/mol. The molecule has 1 aliphatic rings. The molecule has 0 saturated carbocycles. The Morgan fingerprint density at radius 1 is 1.37 bits per heavy atom. The Morgan fingerprint density at radius 3 is 2.68 bits per heavy atom. The fourth-order valence-corrected chi connectivity index (χ4v) is 3.10. The summed E-state index contributed by atoms with van der Waals surface area (Å²) in [6.45, 7) is 3.28. The summed E-state index contributed by atoms with van der Waals surface area (Å²) in [4.78, 5) is 12.1. The lowest BCUT2D eigenvalue weighted by Crippen LogP contribution is -2.30. The smallest absolute Gasteiger partial charge is 0.156 e. The molecule has 2 rings (SSSR count). The first-order chi connectivity index (χ1) is 8.90. The Hall–Kier alpha value is -1.36. The number of carbonyl (C=O) groups excluding carboxylic acids is 1. The highest BCUT2D eigenvalue weighted by molar-refractivity contribution is 7.91. The van der Waals surface area contributed by atoms with Gasteiger partial charge in [-0.25, -0.2) is 8.42 Å². The van der Waals surface area contributed by atoms with Crippen molar-refractivity contribution in [1.82, 2.24) is 0 Å². The lowest BCUT2D eigenvalue weighted by molar-refractivity contribution is -0.119. The van der Waals surface area contributed by atoms with E-state index in [2.05, 4.69) is 5.32 Å². The van der Waals surface area contributed by atoms with Crippen LogP contribution in [0.25, 0.3) is 0 Å². The SMILES string of the molecule is CC(C)S(=O)(=O)CCC(=O)C1Cc2ccccc2N1. The van der Waals surface area contributed by atoms with E-state index in [1.54, 1.807) is 13.8 Å². The first-order valence-corrected chi connectivity index (χ1v) is 8.20. The lowest BCUT2D eigenvalue weighted by Gasteiger charge is -2.11. The number of ketones is 1. The van der Waals surface area contributed by atoms with E-state index in [0.717, 1.165) is 11.3 Å². The number of hydrogen-bond acceptors (Lipinski definition) is 4. The molecule has 1 heterocycles. The van der Waals surface area contributed by atoms with Crippen LogP contribution >= 0.6 is 0 Å². The Balaban J connectivity index is 1.94. The van der Waals surface area contributed by atoms with Crippen molar-refractivity contribution >= 4 is 21.3 Å². The van der Waals surface area contributed by atoms with E-state index in [9.17, 15) is 13.2 Å². The molecule has 0 amide bonds. The second-order valence-electron chi connectivity index (χ2n) is 5.19. The molecule has 1 aromatic rings. The number of nitrogens with one attached hydrogen (secondary N) is 1. The van der Waals surface area contributed by atoms with E-state index in [1.165, 1.54) is 0 Å². The zero-order chi connectivity index (χ0) is 14.0. The number of fused-ring (bicyclic) bond motifs is 1. The molecule has 0 spiro atoms. The van der Waals surface area contributed by atoms with Gasteiger partial charge in [-0.2, -0.15) is 0 Å². The molecule has 1 unspecified atom stereocenters. The normalized spacial score (nSPS) is 18.2. The molecule has 0 aliphatic carbocycles. The number of hydrogen-bond donors (Lipinski definition) is 1. The minimum atomic E-state index is -3.14. The maximum Gasteiger partial charge on any atom is 0.156 e. The summed E-state index contributed by atoms with van der Waals surface area (Å²) in [5.74, 6) is -0.0849. The summed E-state index contributed by atoms with van der Waals surface area (Å²) in [6, 6.07) is 7.51. The molecule has 19 heavy (non-hydrogen) atoms. The molecule has 1 atom stereocenters. The molecule has 0 aromatic heterocycles. The number of Topliss-reactive ketones (excluding diaryl/α,β-unsaturated/α-hetero) is 1. The van der Waals surface area contributed by atoms with Crippen molar-refractivity contribution in [2.45, 2.75) is 38.0 Å². The highest BCUT2D eigenvalue weighted by Crippen LogP contribution is 2.26. The van der Waals surface area contributed by atoms with Crippen molar-refractivity contribution in [1.29, 1.82) is 0 Å². The van der Waals surface area contributed by atoms with E-state index in [1.807, 2.05) is 24.3 Å². The Morgan fingerprint density at radius 2 is 2.05 bits per heavy atom. The van der Waals surface area contributed by atoms with Crippen LogP contribution in [0, 0.1) is 0 Å². The van der Waals surface area contributed by atoms with Gasteiger partial charge in [0.1, 0.15) is 0 Å². The van der Waals surface area contributed by atoms with Crippen LogP contribution < -0.4 is 5.32 Å². The van der Waals surface area contributed by atoms with Crippen molar-refractivity contribution in [2.75, 3.05) is 11.1 Å². The van der Waals surface area contributed by atoms with Gasteiger partial charge in [0.2, 0.25) is 0 Å². The maximum atomic E-state index is 12.1. The summed E-state index contributed by atoms with van der Waals surface area (Å²) in [5.41, 5.74) is 2.10. The fourth-order valence-electron chi connectivity index (χ4n) is 2.14. The zero-order valence-electron chi connectivity index (χ0n) is 11.2. The number of carbonyl (C=O) groups is 1. The topological polar surface area (TPSA) is 63.2 Å². The highest BCUT2D eigenvalue weighted by atomic mass is 32.2. The molecule has 1 N–H and O–H groups in total. The van der Waals surface area contributed by atoms with Gasteiger partial charge in [0.15, 0.2) is 15.6 Å². The van der Waals surface area contributed by atoms with Crippen LogP contribution in [0.5, 0.6) is 0 Å². The van der Waals surface area contributed by atoms with Gasteiger partial charge < -0.3 is 5.32 Å². The summed E-state index contributed by atoms with van der Waals surface area (Å²) < 4.78 is 23.4. The van der Waals surface area contributed by atoms with Crippen molar-refractivity contribution < 1.29 is 13.2 Å². The third kappa shape index (κ3) is 3.15. The van der Waals surface area contributed by atoms with Gasteiger partial charge in [-0.3, -0.25) is 4.79 Å². The van der Waals surface area contributed by atoms with Crippen molar-refractivity contribution in [3.8, 4) is 0 Å². The summed E-state index contributed by atoms with van der Waals surface area (Å²) in [7, 11) is -3.14. The highest BCUT2D eigenvalue weighted by Gasteiger charge is 2.27. The van der Waals surface area contributed by atoms with Crippen LogP contribution in [0.3, 0.4) is 0 Å². The Labute approximate surface area is 114 Å². The molecule has 0 bridgehead atoms.